The Morgan fingerprint density at radius 2 is 1.97 bits per heavy atom. The highest BCUT2D eigenvalue weighted by atomic mass is 32.2. The van der Waals surface area contributed by atoms with Crippen LogP contribution in [0.5, 0.6) is 0 Å². The molecule has 8 heteroatoms. The van der Waals surface area contributed by atoms with Crippen molar-refractivity contribution in [2.24, 2.45) is 0 Å². The molecule has 0 unspecified atom stereocenters. The fraction of sp³-hybridized carbons (Fsp3) is 0.238. The molecule has 3 rings (SSSR count). The maximum Gasteiger partial charge on any atom is 0.308 e. The zero-order valence-corrected chi connectivity index (χ0v) is 16.6. The Morgan fingerprint density at radius 3 is 2.69 bits per heavy atom. The predicted octanol–water partition coefficient (Wildman–Crippen LogP) is 2.96. The number of thioether (sulfide) groups is 1. The summed E-state index contributed by atoms with van der Waals surface area (Å²) in [6, 6.07) is 15.9. The van der Waals surface area contributed by atoms with Gasteiger partial charge in [-0.25, -0.2) is 0 Å². The van der Waals surface area contributed by atoms with Gasteiger partial charge in [-0.2, -0.15) is 5.26 Å². The summed E-state index contributed by atoms with van der Waals surface area (Å²) in [7, 11) is 0. The molecule has 0 radical (unpaired) electrons. The molecule has 1 N–H and O–H groups in total. The van der Waals surface area contributed by atoms with Crippen LogP contribution >= 0.6 is 11.8 Å². The fourth-order valence-corrected chi connectivity index (χ4v) is 3.72. The third kappa shape index (κ3) is 5.15. The summed E-state index contributed by atoms with van der Waals surface area (Å²) < 4.78 is 5.20. The monoisotopic (exact) mass is 409 g/mol. The molecule has 0 saturated carbocycles. The molecule has 2 aromatic carbocycles. The molecule has 0 aromatic heterocycles. The van der Waals surface area contributed by atoms with Crippen LogP contribution in [0.25, 0.3) is 0 Å². The maximum absolute atomic E-state index is 12.2. The van der Waals surface area contributed by atoms with Crippen LogP contribution in [0.1, 0.15) is 18.9 Å². The third-order valence-electron chi connectivity index (χ3n) is 4.31. The van der Waals surface area contributed by atoms with Crippen molar-refractivity contribution in [3.63, 3.8) is 0 Å². The smallest absolute Gasteiger partial charge is 0.308 e. The second kappa shape index (κ2) is 9.26. The van der Waals surface area contributed by atoms with Crippen LogP contribution < -0.4 is 10.2 Å². The summed E-state index contributed by atoms with van der Waals surface area (Å²) in [4.78, 5) is 39.2. The summed E-state index contributed by atoms with van der Waals surface area (Å²) in [5.41, 5.74) is 1.77. The summed E-state index contributed by atoms with van der Waals surface area (Å²) in [6.45, 7) is 1.67. The predicted molar refractivity (Wildman–Crippen MR) is 109 cm³/mol. The van der Waals surface area contributed by atoms with Gasteiger partial charge < -0.3 is 15.0 Å². The molecule has 1 heterocycles. The second-order valence-corrected chi connectivity index (χ2v) is 7.38. The summed E-state index contributed by atoms with van der Waals surface area (Å²) in [5.74, 6) is -0.766. The van der Waals surface area contributed by atoms with Gasteiger partial charge in [-0.05, 0) is 43.3 Å². The average molecular weight is 409 g/mol. The van der Waals surface area contributed by atoms with Crippen molar-refractivity contribution in [2.75, 3.05) is 22.5 Å². The lowest BCUT2D eigenvalue weighted by molar-refractivity contribution is -0.152. The minimum atomic E-state index is -0.988. The van der Waals surface area contributed by atoms with Crippen molar-refractivity contribution in [3.05, 3.63) is 54.1 Å². The molecule has 29 heavy (non-hydrogen) atoms. The quantitative estimate of drug-likeness (QED) is 0.737. The number of hydrogen-bond acceptors (Lipinski definition) is 6. The van der Waals surface area contributed by atoms with E-state index >= 15 is 0 Å². The number of carbonyl (C=O) groups is 3. The van der Waals surface area contributed by atoms with Crippen molar-refractivity contribution < 1.29 is 19.1 Å². The van der Waals surface area contributed by atoms with Crippen LogP contribution in [0.4, 0.5) is 11.4 Å². The molecule has 7 nitrogen and oxygen atoms in total. The molecule has 1 aliphatic rings. The van der Waals surface area contributed by atoms with E-state index in [9.17, 15) is 14.4 Å². The number of fused-ring (bicyclic) bond motifs is 1. The summed E-state index contributed by atoms with van der Waals surface area (Å²) in [6.07, 6.45) is -1.00. The highest BCUT2D eigenvalue weighted by molar-refractivity contribution is 8.00. The molecular weight excluding hydrogens is 390 g/mol. The first-order chi connectivity index (χ1) is 14.0. The Hall–Kier alpha value is -3.31. The van der Waals surface area contributed by atoms with E-state index in [4.69, 9.17) is 10.00 Å². The third-order valence-corrected chi connectivity index (χ3v) is 5.35. The standard InChI is InChI=1S/C21H19N3O4S/c1-14(21(27)23-16-8-6-15(12-22)7-9-16)28-20(26)10-11-24-17-4-2-3-5-18(17)29-13-19(24)25/h2-9,14H,10-11,13H2,1H3,(H,23,27)/t14-/m0/s1. The zero-order chi connectivity index (χ0) is 20.8. The largest absolute Gasteiger partial charge is 0.452 e. The lowest BCUT2D eigenvalue weighted by Gasteiger charge is -2.28. The first-order valence-electron chi connectivity index (χ1n) is 9.00. The molecular formula is C21H19N3O4S. The van der Waals surface area contributed by atoms with E-state index in [-0.39, 0.29) is 18.9 Å². The van der Waals surface area contributed by atoms with Crippen LogP contribution in [0, 0.1) is 11.3 Å². The zero-order valence-electron chi connectivity index (χ0n) is 15.8. The normalized spacial score (nSPS) is 13.8. The van der Waals surface area contributed by atoms with Gasteiger partial charge in [0.05, 0.1) is 29.5 Å². The lowest BCUT2D eigenvalue weighted by Crippen LogP contribution is -2.38. The van der Waals surface area contributed by atoms with Gasteiger partial charge in [-0.1, -0.05) is 12.1 Å². The molecule has 2 aromatic rings. The van der Waals surface area contributed by atoms with E-state index in [1.165, 1.54) is 18.7 Å². The maximum atomic E-state index is 12.2. The number of rotatable bonds is 6. The number of ether oxygens (including phenoxy) is 1. The van der Waals surface area contributed by atoms with Crippen molar-refractivity contribution in [1.82, 2.24) is 0 Å². The lowest BCUT2D eigenvalue weighted by atomic mass is 10.2. The molecule has 0 saturated heterocycles. The number of nitrogens with one attached hydrogen (secondary N) is 1. The van der Waals surface area contributed by atoms with Gasteiger partial charge in [0.25, 0.3) is 5.91 Å². The molecule has 0 fully saturated rings. The Kier molecular flexibility index (Phi) is 6.52. The van der Waals surface area contributed by atoms with E-state index in [1.807, 2.05) is 30.3 Å². The molecule has 0 spiro atoms. The van der Waals surface area contributed by atoms with Gasteiger partial charge >= 0.3 is 5.97 Å². The minimum absolute atomic E-state index is 0.0147. The number of nitrogens with zero attached hydrogens (tertiary/aromatic N) is 2. The van der Waals surface area contributed by atoms with Gasteiger partial charge in [0.1, 0.15) is 0 Å². The van der Waals surface area contributed by atoms with Crippen LogP contribution in [0.2, 0.25) is 0 Å². The molecule has 1 aliphatic heterocycles. The number of nitriles is 1. The molecule has 0 bridgehead atoms. The Labute approximate surface area is 172 Å². The van der Waals surface area contributed by atoms with Gasteiger partial charge in [0.2, 0.25) is 5.91 Å². The number of benzene rings is 2. The van der Waals surface area contributed by atoms with Crippen molar-refractivity contribution in [2.45, 2.75) is 24.3 Å². The summed E-state index contributed by atoms with van der Waals surface area (Å²) >= 11 is 1.47. The molecule has 0 aliphatic carbocycles. The van der Waals surface area contributed by atoms with Gasteiger partial charge in [0, 0.05) is 17.1 Å². The number of carbonyl (C=O) groups excluding carboxylic acids is 3. The van der Waals surface area contributed by atoms with E-state index < -0.39 is 18.0 Å². The van der Waals surface area contributed by atoms with E-state index in [2.05, 4.69) is 5.32 Å². The topological polar surface area (TPSA) is 99.5 Å². The van der Waals surface area contributed by atoms with Gasteiger partial charge in [-0.15, -0.1) is 11.8 Å². The molecule has 1 atom stereocenters. The number of anilines is 2. The van der Waals surface area contributed by atoms with Gasteiger partial charge in [-0.3, -0.25) is 14.4 Å². The SMILES string of the molecule is C[C@H](OC(=O)CCN1C(=O)CSc2ccccc21)C(=O)Nc1ccc(C#N)cc1. The van der Waals surface area contributed by atoms with Crippen LogP contribution in [0.3, 0.4) is 0 Å². The van der Waals surface area contributed by atoms with Crippen LogP contribution in [-0.4, -0.2) is 36.2 Å². The first kappa shape index (κ1) is 20.4. The Morgan fingerprint density at radius 1 is 1.24 bits per heavy atom. The number of esters is 1. The van der Waals surface area contributed by atoms with E-state index in [0.717, 1.165) is 10.6 Å². The van der Waals surface area contributed by atoms with Crippen LogP contribution in [-0.2, 0) is 19.1 Å². The highest BCUT2D eigenvalue weighted by Gasteiger charge is 2.25. The number of amides is 2. The number of para-hydroxylation sites is 1. The first-order valence-corrected chi connectivity index (χ1v) is 9.99. The second-order valence-electron chi connectivity index (χ2n) is 6.36. The Bertz CT molecular complexity index is 969. The minimum Gasteiger partial charge on any atom is -0.452 e. The van der Waals surface area contributed by atoms with Crippen molar-refractivity contribution >= 4 is 40.9 Å². The molecule has 2 amide bonds. The molecule has 148 valence electrons. The van der Waals surface area contributed by atoms with E-state index in [0.29, 0.717) is 17.0 Å². The van der Waals surface area contributed by atoms with E-state index in [1.54, 1.807) is 29.2 Å². The highest BCUT2D eigenvalue weighted by Crippen LogP contribution is 2.34. The van der Waals surface area contributed by atoms with Crippen LogP contribution in [0.15, 0.2) is 53.4 Å². The number of hydrogen-bond donors (Lipinski definition) is 1. The summed E-state index contributed by atoms with van der Waals surface area (Å²) in [5, 5.41) is 11.4. The van der Waals surface area contributed by atoms with Crippen molar-refractivity contribution in [1.29, 1.82) is 5.26 Å². The van der Waals surface area contributed by atoms with Gasteiger partial charge in [0.15, 0.2) is 6.10 Å². The average Bonchev–Trinajstić information content (AvgIpc) is 2.73. The Balaban J connectivity index is 1.51. The fourth-order valence-electron chi connectivity index (χ4n) is 2.78. The van der Waals surface area contributed by atoms with Crippen molar-refractivity contribution in [3.8, 4) is 6.07 Å².